The standard InChI is InChI=1S/C15H12N2O3S/c1-8-2-5-12(21-8)15(20)9-3-4-10-11(6-9)17-14(19)7-13(18)16-10/h2-6H,7H2,1H3,(H,16,18)(H,17,19). The molecule has 0 saturated carbocycles. The van der Waals surface area contributed by atoms with Gasteiger partial charge >= 0.3 is 0 Å². The third kappa shape index (κ3) is 2.71. The van der Waals surface area contributed by atoms with Gasteiger partial charge in [-0.3, -0.25) is 14.4 Å². The fourth-order valence-electron chi connectivity index (χ4n) is 2.13. The molecule has 106 valence electrons. The van der Waals surface area contributed by atoms with Crippen LogP contribution in [0.15, 0.2) is 30.3 Å². The summed E-state index contributed by atoms with van der Waals surface area (Å²) >= 11 is 1.43. The van der Waals surface area contributed by atoms with Crippen LogP contribution in [0.2, 0.25) is 0 Å². The first-order valence-electron chi connectivity index (χ1n) is 6.38. The quantitative estimate of drug-likeness (QED) is 0.661. The predicted octanol–water partition coefficient (Wildman–Crippen LogP) is 2.57. The van der Waals surface area contributed by atoms with E-state index in [0.29, 0.717) is 21.8 Å². The highest BCUT2D eigenvalue weighted by molar-refractivity contribution is 7.14. The largest absolute Gasteiger partial charge is 0.324 e. The van der Waals surface area contributed by atoms with Gasteiger partial charge < -0.3 is 10.6 Å². The highest BCUT2D eigenvalue weighted by Crippen LogP contribution is 2.28. The maximum atomic E-state index is 12.4. The molecule has 6 heteroatoms. The van der Waals surface area contributed by atoms with Gasteiger partial charge in [0.1, 0.15) is 6.42 Å². The highest BCUT2D eigenvalue weighted by atomic mass is 32.1. The Morgan fingerprint density at radius 2 is 1.76 bits per heavy atom. The molecule has 1 aliphatic heterocycles. The minimum Gasteiger partial charge on any atom is -0.324 e. The maximum absolute atomic E-state index is 12.4. The van der Waals surface area contributed by atoms with E-state index in [1.54, 1.807) is 24.3 Å². The first-order valence-corrected chi connectivity index (χ1v) is 7.19. The fraction of sp³-hybridized carbons (Fsp3) is 0.133. The summed E-state index contributed by atoms with van der Waals surface area (Å²) in [6.45, 7) is 1.94. The minimum absolute atomic E-state index is 0.0966. The van der Waals surface area contributed by atoms with Gasteiger partial charge in [0.05, 0.1) is 16.3 Å². The number of ketones is 1. The molecule has 2 amide bonds. The van der Waals surface area contributed by atoms with E-state index in [9.17, 15) is 14.4 Å². The van der Waals surface area contributed by atoms with E-state index < -0.39 is 0 Å². The molecule has 5 nitrogen and oxygen atoms in total. The topological polar surface area (TPSA) is 75.3 Å². The van der Waals surface area contributed by atoms with Crippen LogP contribution in [0.5, 0.6) is 0 Å². The molecule has 0 atom stereocenters. The number of amides is 2. The Morgan fingerprint density at radius 1 is 1.05 bits per heavy atom. The molecule has 0 spiro atoms. The van der Waals surface area contributed by atoms with E-state index >= 15 is 0 Å². The molecule has 21 heavy (non-hydrogen) atoms. The third-order valence-corrected chi connectivity index (χ3v) is 4.11. The molecular weight excluding hydrogens is 288 g/mol. The zero-order valence-corrected chi connectivity index (χ0v) is 12.0. The minimum atomic E-state index is -0.386. The average Bonchev–Trinajstić information content (AvgIpc) is 2.79. The molecule has 0 unspecified atom stereocenters. The molecule has 0 fully saturated rings. The van der Waals surface area contributed by atoms with Crippen molar-refractivity contribution in [3.8, 4) is 0 Å². The lowest BCUT2D eigenvalue weighted by Gasteiger charge is -2.08. The van der Waals surface area contributed by atoms with Crippen molar-refractivity contribution in [2.45, 2.75) is 13.3 Å². The summed E-state index contributed by atoms with van der Waals surface area (Å²) in [7, 11) is 0. The first-order chi connectivity index (χ1) is 10.0. The van der Waals surface area contributed by atoms with Crippen molar-refractivity contribution in [1.82, 2.24) is 0 Å². The monoisotopic (exact) mass is 300 g/mol. The Kier molecular flexibility index (Phi) is 3.31. The number of thiophene rings is 1. The average molecular weight is 300 g/mol. The van der Waals surface area contributed by atoms with Gasteiger partial charge in [0.15, 0.2) is 0 Å². The smallest absolute Gasteiger partial charge is 0.233 e. The van der Waals surface area contributed by atoms with Gasteiger partial charge in [-0.15, -0.1) is 11.3 Å². The van der Waals surface area contributed by atoms with Crippen molar-refractivity contribution in [3.05, 3.63) is 45.6 Å². The molecule has 0 bridgehead atoms. The molecule has 0 saturated heterocycles. The van der Waals surface area contributed by atoms with Crippen LogP contribution in [0.1, 0.15) is 26.5 Å². The molecule has 3 rings (SSSR count). The number of carbonyl (C=O) groups excluding carboxylic acids is 3. The van der Waals surface area contributed by atoms with Crippen molar-refractivity contribution in [2.24, 2.45) is 0 Å². The van der Waals surface area contributed by atoms with Crippen LogP contribution in [-0.2, 0) is 9.59 Å². The number of hydrogen-bond acceptors (Lipinski definition) is 4. The summed E-state index contributed by atoms with van der Waals surface area (Å²) < 4.78 is 0. The van der Waals surface area contributed by atoms with Crippen molar-refractivity contribution >= 4 is 40.3 Å². The summed E-state index contributed by atoms with van der Waals surface area (Å²) in [5, 5.41) is 5.27. The summed E-state index contributed by atoms with van der Waals surface area (Å²) in [5.74, 6) is -0.845. The van der Waals surface area contributed by atoms with Crippen molar-refractivity contribution < 1.29 is 14.4 Å². The van der Waals surface area contributed by atoms with Gasteiger partial charge in [0.25, 0.3) is 0 Å². The molecule has 1 aromatic carbocycles. The van der Waals surface area contributed by atoms with E-state index in [-0.39, 0.29) is 24.0 Å². The molecule has 0 radical (unpaired) electrons. The van der Waals surface area contributed by atoms with Crippen LogP contribution in [-0.4, -0.2) is 17.6 Å². The molecule has 1 aromatic heterocycles. The SMILES string of the molecule is Cc1ccc(C(=O)c2ccc3c(c2)NC(=O)CC(=O)N3)s1. The van der Waals surface area contributed by atoms with Gasteiger partial charge in [0, 0.05) is 10.4 Å². The van der Waals surface area contributed by atoms with Crippen LogP contribution in [0.25, 0.3) is 0 Å². The second-order valence-corrected chi connectivity index (χ2v) is 6.06. The number of fused-ring (bicyclic) bond motifs is 1. The van der Waals surface area contributed by atoms with Crippen LogP contribution in [0.3, 0.4) is 0 Å². The Bertz CT molecular complexity index is 764. The van der Waals surface area contributed by atoms with Crippen molar-refractivity contribution in [3.63, 3.8) is 0 Å². The molecule has 2 N–H and O–H groups in total. The van der Waals surface area contributed by atoms with Gasteiger partial charge in [-0.25, -0.2) is 0 Å². The van der Waals surface area contributed by atoms with Crippen molar-refractivity contribution in [2.75, 3.05) is 10.6 Å². The molecule has 2 heterocycles. The van der Waals surface area contributed by atoms with Gasteiger partial charge in [-0.1, -0.05) is 0 Å². The van der Waals surface area contributed by atoms with Crippen LogP contribution in [0, 0.1) is 6.92 Å². The van der Waals surface area contributed by atoms with Gasteiger partial charge in [-0.2, -0.15) is 0 Å². The number of nitrogens with one attached hydrogen (secondary N) is 2. The van der Waals surface area contributed by atoms with Crippen LogP contribution in [0.4, 0.5) is 11.4 Å². The number of carbonyl (C=O) groups is 3. The van der Waals surface area contributed by atoms with Gasteiger partial charge in [0.2, 0.25) is 17.6 Å². The lowest BCUT2D eigenvalue weighted by molar-refractivity contribution is -0.123. The number of anilines is 2. The molecule has 0 aliphatic carbocycles. The number of aryl methyl sites for hydroxylation is 1. The normalized spacial score (nSPS) is 14.0. The summed E-state index contributed by atoms with van der Waals surface area (Å²) in [4.78, 5) is 37.1. The van der Waals surface area contributed by atoms with Crippen molar-refractivity contribution in [1.29, 1.82) is 0 Å². The number of hydrogen-bond donors (Lipinski definition) is 2. The lowest BCUT2D eigenvalue weighted by atomic mass is 10.1. The summed E-state index contributed by atoms with van der Waals surface area (Å²) in [6, 6.07) is 8.55. The van der Waals surface area contributed by atoms with E-state index in [2.05, 4.69) is 10.6 Å². The first kappa shape index (κ1) is 13.5. The Labute approximate surface area is 125 Å². The van der Waals surface area contributed by atoms with E-state index in [1.165, 1.54) is 11.3 Å². The van der Waals surface area contributed by atoms with E-state index in [0.717, 1.165) is 4.88 Å². The second-order valence-electron chi connectivity index (χ2n) is 4.77. The van der Waals surface area contributed by atoms with E-state index in [4.69, 9.17) is 0 Å². The van der Waals surface area contributed by atoms with E-state index in [1.807, 2.05) is 13.0 Å². The zero-order valence-electron chi connectivity index (χ0n) is 11.2. The summed E-state index contributed by atoms with van der Waals surface area (Å²) in [5.41, 5.74) is 1.43. The van der Waals surface area contributed by atoms with Crippen LogP contribution >= 0.6 is 11.3 Å². The van der Waals surface area contributed by atoms with Crippen LogP contribution < -0.4 is 10.6 Å². The van der Waals surface area contributed by atoms with Gasteiger partial charge in [-0.05, 0) is 37.3 Å². The lowest BCUT2D eigenvalue weighted by Crippen LogP contribution is -2.16. The fourth-order valence-corrected chi connectivity index (χ4v) is 2.96. The molecule has 1 aliphatic rings. The Hall–Kier alpha value is -2.47. The maximum Gasteiger partial charge on any atom is 0.233 e. The summed E-state index contributed by atoms with van der Waals surface area (Å²) in [6.07, 6.45) is -0.220. The number of rotatable bonds is 2. The predicted molar refractivity (Wildman–Crippen MR) is 80.8 cm³/mol. The highest BCUT2D eigenvalue weighted by Gasteiger charge is 2.20. The number of benzene rings is 1. The Morgan fingerprint density at radius 3 is 2.43 bits per heavy atom. The molecular formula is C15H12N2O3S. The third-order valence-electron chi connectivity index (χ3n) is 3.12. The second kappa shape index (κ2) is 5.14. The Balaban J connectivity index is 1.97. The molecule has 2 aromatic rings. The zero-order chi connectivity index (χ0) is 15.0.